The number of ether oxygens (including phenoxy) is 1. The molecule has 4 rings (SSSR count). The molecule has 0 unspecified atom stereocenters. The fraction of sp³-hybridized carbons (Fsp3) is 0.176. The lowest BCUT2D eigenvalue weighted by molar-refractivity contribution is 0.258. The first-order chi connectivity index (χ1) is 12.7. The zero-order valence-corrected chi connectivity index (χ0v) is 15.8. The van der Waals surface area contributed by atoms with Crippen molar-refractivity contribution < 1.29 is 4.74 Å². The number of nitrogens with two attached hydrogens (primary N) is 1. The van der Waals surface area contributed by atoms with Crippen molar-refractivity contribution in [3.8, 4) is 22.0 Å². The number of nitrogens with zero attached hydrogens (tertiary/aromatic N) is 5. The highest BCUT2D eigenvalue weighted by atomic mass is 32.2. The van der Waals surface area contributed by atoms with Crippen LogP contribution in [0, 0.1) is 0 Å². The molecule has 0 spiro atoms. The van der Waals surface area contributed by atoms with Crippen LogP contribution in [0.4, 0.5) is 5.82 Å². The number of thioether (sulfide) groups is 1. The minimum Gasteiger partial charge on any atom is -0.382 e. The van der Waals surface area contributed by atoms with E-state index in [2.05, 4.69) is 9.97 Å². The molecule has 0 radical (unpaired) electrons. The fourth-order valence-corrected chi connectivity index (χ4v) is 4.29. The van der Waals surface area contributed by atoms with Gasteiger partial charge in [0.15, 0.2) is 11.0 Å². The average molecular weight is 384 g/mol. The van der Waals surface area contributed by atoms with Crippen molar-refractivity contribution in [3.63, 3.8) is 0 Å². The van der Waals surface area contributed by atoms with Gasteiger partial charge in [0.1, 0.15) is 33.1 Å². The number of nitrogen functional groups attached to an aromatic ring is 1. The first kappa shape index (κ1) is 17.0. The molecule has 0 saturated heterocycles. The minimum absolute atomic E-state index is 0.384. The maximum atomic E-state index is 5.96. The summed E-state index contributed by atoms with van der Waals surface area (Å²) in [5, 5.41) is 1.67. The lowest BCUT2D eigenvalue weighted by Crippen LogP contribution is -1.96. The van der Waals surface area contributed by atoms with Crippen molar-refractivity contribution in [2.24, 2.45) is 7.05 Å². The van der Waals surface area contributed by atoms with Gasteiger partial charge in [0, 0.05) is 19.7 Å². The second-order valence-corrected chi connectivity index (χ2v) is 7.37. The van der Waals surface area contributed by atoms with Gasteiger partial charge >= 0.3 is 0 Å². The van der Waals surface area contributed by atoms with Crippen molar-refractivity contribution in [1.82, 2.24) is 24.5 Å². The SMILES string of the molecule is COCSc1nc(-c2ccccc2)c(-c2nc3c(N)ncnc3s2)n1C. The summed E-state index contributed by atoms with van der Waals surface area (Å²) in [7, 11) is 3.65. The largest absolute Gasteiger partial charge is 0.382 e. The molecule has 0 atom stereocenters. The Balaban J connectivity index is 1.92. The van der Waals surface area contributed by atoms with Crippen LogP contribution in [0.3, 0.4) is 0 Å². The molecule has 9 heteroatoms. The third kappa shape index (κ3) is 2.94. The van der Waals surface area contributed by atoms with E-state index in [4.69, 9.17) is 20.4 Å². The lowest BCUT2D eigenvalue weighted by Gasteiger charge is -2.04. The van der Waals surface area contributed by atoms with Gasteiger partial charge in [-0.15, -0.1) is 0 Å². The van der Waals surface area contributed by atoms with E-state index in [0.717, 1.165) is 31.9 Å². The molecule has 3 heterocycles. The summed E-state index contributed by atoms with van der Waals surface area (Å²) < 4.78 is 7.22. The Labute approximate surface area is 158 Å². The molecule has 0 aliphatic carbocycles. The maximum absolute atomic E-state index is 5.96. The van der Waals surface area contributed by atoms with Crippen LogP contribution in [-0.4, -0.2) is 37.6 Å². The Hall–Kier alpha value is -2.49. The van der Waals surface area contributed by atoms with Gasteiger partial charge in [-0.1, -0.05) is 53.4 Å². The van der Waals surface area contributed by atoms with E-state index in [1.54, 1.807) is 7.11 Å². The van der Waals surface area contributed by atoms with Crippen LogP contribution in [-0.2, 0) is 11.8 Å². The molecule has 132 valence electrons. The number of aromatic nitrogens is 5. The zero-order chi connectivity index (χ0) is 18.1. The maximum Gasteiger partial charge on any atom is 0.171 e. The van der Waals surface area contributed by atoms with Crippen LogP contribution in [0.25, 0.3) is 32.3 Å². The summed E-state index contributed by atoms with van der Waals surface area (Å²) in [5.74, 6) is 0.909. The molecule has 26 heavy (non-hydrogen) atoms. The number of hydrogen-bond acceptors (Lipinski definition) is 8. The Morgan fingerprint density at radius 2 is 2.00 bits per heavy atom. The molecule has 0 bridgehead atoms. The first-order valence-electron chi connectivity index (χ1n) is 7.80. The number of imidazole rings is 1. The molecule has 0 saturated carbocycles. The third-order valence-corrected chi connectivity index (χ3v) is 5.78. The molecule has 0 amide bonds. The van der Waals surface area contributed by atoms with Gasteiger partial charge in [0.05, 0.1) is 5.94 Å². The summed E-state index contributed by atoms with van der Waals surface area (Å²) in [5.41, 5.74) is 9.41. The van der Waals surface area contributed by atoms with E-state index in [9.17, 15) is 0 Å². The first-order valence-corrected chi connectivity index (χ1v) is 9.60. The molecule has 1 aromatic carbocycles. The Bertz CT molecular complexity index is 1060. The molecular weight excluding hydrogens is 368 g/mol. The third-order valence-electron chi connectivity index (χ3n) is 3.83. The van der Waals surface area contributed by atoms with E-state index in [-0.39, 0.29) is 0 Å². The van der Waals surface area contributed by atoms with E-state index in [1.807, 2.05) is 41.9 Å². The summed E-state index contributed by atoms with van der Waals surface area (Å²) >= 11 is 3.02. The highest BCUT2D eigenvalue weighted by Gasteiger charge is 2.22. The molecular formula is C17H16N6OS2. The number of methoxy groups -OCH3 is 1. The van der Waals surface area contributed by atoms with Gasteiger partial charge in [0.2, 0.25) is 0 Å². The predicted molar refractivity (Wildman–Crippen MR) is 105 cm³/mol. The quantitative estimate of drug-likeness (QED) is 0.416. The number of benzene rings is 1. The molecule has 0 aliphatic rings. The van der Waals surface area contributed by atoms with E-state index in [1.165, 1.54) is 29.4 Å². The number of anilines is 1. The van der Waals surface area contributed by atoms with Gasteiger partial charge < -0.3 is 15.0 Å². The Kier molecular flexibility index (Phi) is 4.58. The predicted octanol–water partition coefficient (Wildman–Crippen LogP) is 3.43. The standard InChI is InChI=1S/C17H16N6OS2/c1-23-13(16-21-12-14(18)19-8-20-15(12)26-16)11(10-6-4-3-5-7-10)22-17(23)25-9-24-2/h3-8H,9H2,1-2H3,(H2,18,19,20). The normalized spacial score (nSPS) is 11.3. The van der Waals surface area contributed by atoms with Gasteiger partial charge in [-0.05, 0) is 0 Å². The number of thiazole rings is 1. The second kappa shape index (κ2) is 7.02. The summed E-state index contributed by atoms with van der Waals surface area (Å²) in [6.07, 6.45) is 1.46. The lowest BCUT2D eigenvalue weighted by atomic mass is 10.1. The van der Waals surface area contributed by atoms with Crippen LogP contribution in [0.15, 0.2) is 41.8 Å². The monoisotopic (exact) mass is 384 g/mol. The van der Waals surface area contributed by atoms with Gasteiger partial charge in [-0.3, -0.25) is 0 Å². The topological polar surface area (TPSA) is 91.7 Å². The molecule has 3 aromatic heterocycles. The highest BCUT2D eigenvalue weighted by Crippen LogP contribution is 2.38. The van der Waals surface area contributed by atoms with E-state index < -0.39 is 0 Å². The number of hydrogen-bond donors (Lipinski definition) is 1. The van der Waals surface area contributed by atoms with Crippen LogP contribution >= 0.6 is 23.1 Å². The van der Waals surface area contributed by atoms with Crippen molar-refractivity contribution in [2.45, 2.75) is 5.16 Å². The van der Waals surface area contributed by atoms with Gasteiger partial charge in [-0.2, -0.15) is 0 Å². The molecule has 2 N–H and O–H groups in total. The summed E-state index contributed by atoms with van der Waals surface area (Å²) in [6, 6.07) is 10.1. The van der Waals surface area contributed by atoms with Crippen molar-refractivity contribution in [2.75, 3.05) is 18.8 Å². The fourth-order valence-electron chi connectivity index (χ4n) is 2.63. The van der Waals surface area contributed by atoms with Crippen molar-refractivity contribution >= 4 is 39.3 Å². The Morgan fingerprint density at radius 3 is 2.73 bits per heavy atom. The minimum atomic E-state index is 0.384. The molecule has 0 aliphatic heterocycles. The van der Waals surface area contributed by atoms with E-state index in [0.29, 0.717) is 17.3 Å². The number of rotatable bonds is 5. The number of fused-ring (bicyclic) bond motifs is 1. The zero-order valence-electron chi connectivity index (χ0n) is 14.2. The van der Waals surface area contributed by atoms with Gasteiger partial charge in [0.25, 0.3) is 0 Å². The average Bonchev–Trinajstić information content (AvgIpc) is 3.22. The van der Waals surface area contributed by atoms with Crippen LogP contribution < -0.4 is 5.73 Å². The van der Waals surface area contributed by atoms with Crippen molar-refractivity contribution in [3.05, 3.63) is 36.7 Å². The highest BCUT2D eigenvalue weighted by molar-refractivity contribution is 7.99. The van der Waals surface area contributed by atoms with Crippen molar-refractivity contribution in [1.29, 1.82) is 0 Å². The van der Waals surface area contributed by atoms with E-state index >= 15 is 0 Å². The molecule has 0 fully saturated rings. The smallest absolute Gasteiger partial charge is 0.171 e. The summed E-state index contributed by atoms with van der Waals surface area (Å²) in [6.45, 7) is 0. The van der Waals surface area contributed by atoms with Crippen LogP contribution in [0.5, 0.6) is 0 Å². The molecule has 4 aromatic rings. The van der Waals surface area contributed by atoms with Crippen LogP contribution in [0.2, 0.25) is 0 Å². The summed E-state index contributed by atoms with van der Waals surface area (Å²) in [4.78, 5) is 18.6. The second-order valence-electron chi connectivity index (χ2n) is 5.50. The molecule has 7 nitrogen and oxygen atoms in total. The van der Waals surface area contributed by atoms with Crippen LogP contribution in [0.1, 0.15) is 0 Å². The van der Waals surface area contributed by atoms with Gasteiger partial charge in [-0.25, -0.2) is 19.9 Å². The Morgan fingerprint density at radius 1 is 1.19 bits per heavy atom.